The SMILES string of the molecule is CCCc1cccc2ccnc(CN)c12. The Morgan fingerprint density at radius 1 is 1.27 bits per heavy atom. The minimum Gasteiger partial charge on any atom is -0.325 e. The molecule has 2 N–H and O–H groups in total. The van der Waals surface area contributed by atoms with Gasteiger partial charge in [0.2, 0.25) is 0 Å². The molecular weight excluding hydrogens is 184 g/mol. The summed E-state index contributed by atoms with van der Waals surface area (Å²) in [6, 6.07) is 8.45. The molecule has 2 rings (SSSR count). The van der Waals surface area contributed by atoms with Crippen LogP contribution in [0.3, 0.4) is 0 Å². The van der Waals surface area contributed by atoms with Gasteiger partial charge in [0.05, 0.1) is 5.69 Å². The summed E-state index contributed by atoms with van der Waals surface area (Å²) in [5.41, 5.74) is 8.09. The Labute approximate surface area is 90.1 Å². The zero-order valence-corrected chi connectivity index (χ0v) is 9.03. The summed E-state index contributed by atoms with van der Waals surface area (Å²) in [5.74, 6) is 0. The smallest absolute Gasteiger partial charge is 0.0620 e. The highest BCUT2D eigenvalue weighted by Crippen LogP contribution is 2.22. The van der Waals surface area contributed by atoms with Crippen molar-refractivity contribution in [3.63, 3.8) is 0 Å². The summed E-state index contributed by atoms with van der Waals surface area (Å²) in [4.78, 5) is 4.34. The highest BCUT2D eigenvalue weighted by atomic mass is 14.7. The van der Waals surface area contributed by atoms with Crippen LogP contribution in [0.2, 0.25) is 0 Å². The van der Waals surface area contributed by atoms with Crippen LogP contribution >= 0.6 is 0 Å². The minimum atomic E-state index is 0.512. The van der Waals surface area contributed by atoms with E-state index in [1.54, 1.807) is 0 Å². The van der Waals surface area contributed by atoms with Crippen molar-refractivity contribution in [1.29, 1.82) is 0 Å². The van der Waals surface area contributed by atoms with Gasteiger partial charge in [-0.05, 0) is 23.4 Å². The van der Waals surface area contributed by atoms with Crippen molar-refractivity contribution in [2.24, 2.45) is 5.73 Å². The van der Waals surface area contributed by atoms with Gasteiger partial charge < -0.3 is 5.73 Å². The average Bonchev–Trinajstić information content (AvgIpc) is 2.29. The number of nitrogens with two attached hydrogens (primary N) is 1. The molecule has 0 aliphatic heterocycles. The molecule has 1 aromatic heterocycles. The zero-order chi connectivity index (χ0) is 10.7. The molecule has 0 aliphatic carbocycles. The lowest BCUT2D eigenvalue weighted by Crippen LogP contribution is -2.02. The van der Waals surface area contributed by atoms with Crippen LogP contribution in [-0.4, -0.2) is 4.98 Å². The van der Waals surface area contributed by atoms with Crippen molar-refractivity contribution >= 4 is 10.8 Å². The predicted octanol–water partition coefficient (Wildman–Crippen LogP) is 2.65. The molecule has 1 heterocycles. The van der Waals surface area contributed by atoms with E-state index in [4.69, 9.17) is 5.73 Å². The van der Waals surface area contributed by atoms with Crippen molar-refractivity contribution in [1.82, 2.24) is 4.98 Å². The Bertz CT molecular complexity index is 458. The number of hydrogen-bond donors (Lipinski definition) is 1. The normalized spacial score (nSPS) is 10.8. The van der Waals surface area contributed by atoms with Crippen LogP contribution in [0.25, 0.3) is 10.8 Å². The van der Waals surface area contributed by atoms with Crippen molar-refractivity contribution in [2.75, 3.05) is 0 Å². The monoisotopic (exact) mass is 200 g/mol. The highest BCUT2D eigenvalue weighted by Gasteiger charge is 2.05. The molecule has 1 aromatic carbocycles. The van der Waals surface area contributed by atoms with Gasteiger partial charge in [0.1, 0.15) is 0 Å². The fraction of sp³-hybridized carbons (Fsp3) is 0.308. The number of pyridine rings is 1. The maximum atomic E-state index is 5.72. The Morgan fingerprint density at radius 2 is 2.13 bits per heavy atom. The molecule has 2 heteroatoms. The van der Waals surface area contributed by atoms with Crippen LogP contribution in [-0.2, 0) is 13.0 Å². The number of hydrogen-bond acceptors (Lipinski definition) is 2. The quantitative estimate of drug-likeness (QED) is 0.827. The number of fused-ring (bicyclic) bond motifs is 1. The molecule has 2 nitrogen and oxygen atoms in total. The number of nitrogens with zero attached hydrogens (tertiary/aromatic N) is 1. The molecule has 0 bridgehead atoms. The van der Waals surface area contributed by atoms with E-state index in [-0.39, 0.29) is 0 Å². The van der Waals surface area contributed by atoms with Crippen LogP contribution in [0, 0.1) is 0 Å². The minimum absolute atomic E-state index is 0.512. The number of aryl methyl sites for hydroxylation is 1. The van der Waals surface area contributed by atoms with E-state index in [1.807, 2.05) is 12.3 Å². The standard InChI is InChI=1S/C13H16N2/c1-2-4-10-5-3-6-11-7-8-15-12(9-14)13(10)11/h3,5-8H,2,4,9,14H2,1H3. The Kier molecular flexibility index (Phi) is 2.97. The molecule has 0 spiro atoms. The topological polar surface area (TPSA) is 38.9 Å². The number of rotatable bonds is 3. The van der Waals surface area contributed by atoms with Crippen molar-refractivity contribution in [3.8, 4) is 0 Å². The Hall–Kier alpha value is -1.41. The number of aromatic nitrogens is 1. The molecule has 78 valence electrons. The van der Waals surface area contributed by atoms with E-state index in [0.29, 0.717) is 6.54 Å². The van der Waals surface area contributed by atoms with Gasteiger partial charge in [0.15, 0.2) is 0 Å². The Balaban J connectivity index is 2.69. The van der Waals surface area contributed by atoms with Crippen LogP contribution in [0.5, 0.6) is 0 Å². The molecular formula is C13H16N2. The predicted molar refractivity (Wildman–Crippen MR) is 63.6 cm³/mol. The van der Waals surface area contributed by atoms with E-state index in [9.17, 15) is 0 Å². The second kappa shape index (κ2) is 4.41. The lowest BCUT2D eigenvalue weighted by atomic mass is 10.0. The van der Waals surface area contributed by atoms with E-state index >= 15 is 0 Å². The third-order valence-corrected chi connectivity index (χ3v) is 2.67. The Morgan fingerprint density at radius 3 is 2.87 bits per heavy atom. The van der Waals surface area contributed by atoms with Crippen LogP contribution in [0.1, 0.15) is 24.6 Å². The average molecular weight is 200 g/mol. The first-order valence-electron chi connectivity index (χ1n) is 5.42. The summed E-state index contributed by atoms with van der Waals surface area (Å²) in [7, 11) is 0. The van der Waals surface area contributed by atoms with Crippen molar-refractivity contribution in [3.05, 3.63) is 41.7 Å². The first-order chi connectivity index (χ1) is 7.36. The third kappa shape index (κ3) is 1.85. The van der Waals surface area contributed by atoms with E-state index in [1.165, 1.54) is 16.3 Å². The molecule has 2 aromatic rings. The summed E-state index contributed by atoms with van der Waals surface area (Å²) in [5, 5.41) is 2.50. The molecule has 0 fully saturated rings. The number of benzene rings is 1. The first kappa shape index (κ1) is 10.1. The van der Waals surface area contributed by atoms with Crippen LogP contribution in [0.15, 0.2) is 30.5 Å². The van der Waals surface area contributed by atoms with Gasteiger partial charge in [-0.3, -0.25) is 4.98 Å². The van der Waals surface area contributed by atoms with E-state index < -0.39 is 0 Å². The first-order valence-corrected chi connectivity index (χ1v) is 5.42. The fourth-order valence-electron chi connectivity index (χ4n) is 2.02. The van der Waals surface area contributed by atoms with E-state index in [2.05, 4.69) is 30.1 Å². The van der Waals surface area contributed by atoms with Gasteiger partial charge in [-0.15, -0.1) is 0 Å². The van der Waals surface area contributed by atoms with Gasteiger partial charge in [-0.25, -0.2) is 0 Å². The summed E-state index contributed by atoms with van der Waals surface area (Å²) in [6.45, 7) is 2.70. The molecule has 0 atom stereocenters. The largest absolute Gasteiger partial charge is 0.325 e. The van der Waals surface area contributed by atoms with Gasteiger partial charge >= 0.3 is 0 Å². The molecule has 0 aliphatic rings. The van der Waals surface area contributed by atoms with Gasteiger partial charge in [0.25, 0.3) is 0 Å². The molecule has 15 heavy (non-hydrogen) atoms. The second-order valence-corrected chi connectivity index (χ2v) is 3.73. The lowest BCUT2D eigenvalue weighted by Gasteiger charge is -2.08. The summed E-state index contributed by atoms with van der Waals surface area (Å²) in [6.07, 6.45) is 4.08. The fourth-order valence-corrected chi connectivity index (χ4v) is 2.02. The third-order valence-electron chi connectivity index (χ3n) is 2.67. The summed E-state index contributed by atoms with van der Waals surface area (Å²) >= 11 is 0. The van der Waals surface area contributed by atoms with Gasteiger partial charge in [-0.1, -0.05) is 31.5 Å². The molecule has 0 amide bonds. The highest BCUT2D eigenvalue weighted by molar-refractivity contribution is 5.87. The van der Waals surface area contributed by atoms with Crippen molar-refractivity contribution in [2.45, 2.75) is 26.3 Å². The van der Waals surface area contributed by atoms with Crippen LogP contribution < -0.4 is 5.73 Å². The van der Waals surface area contributed by atoms with Crippen LogP contribution in [0.4, 0.5) is 0 Å². The van der Waals surface area contributed by atoms with Gasteiger partial charge in [0, 0.05) is 18.1 Å². The maximum absolute atomic E-state index is 5.72. The molecule has 0 unspecified atom stereocenters. The summed E-state index contributed by atoms with van der Waals surface area (Å²) < 4.78 is 0. The van der Waals surface area contributed by atoms with E-state index in [0.717, 1.165) is 18.5 Å². The molecule has 0 saturated carbocycles. The molecule has 0 saturated heterocycles. The van der Waals surface area contributed by atoms with Gasteiger partial charge in [-0.2, -0.15) is 0 Å². The molecule has 0 radical (unpaired) electrons. The maximum Gasteiger partial charge on any atom is 0.0620 e. The second-order valence-electron chi connectivity index (χ2n) is 3.73. The zero-order valence-electron chi connectivity index (χ0n) is 9.03. The van der Waals surface area contributed by atoms with Crippen molar-refractivity contribution < 1.29 is 0 Å². The lowest BCUT2D eigenvalue weighted by molar-refractivity contribution is 0.922.